The van der Waals surface area contributed by atoms with Crippen LogP contribution in [-0.2, 0) is 16.1 Å². The van der Waals surface area contributed by atoms with Crippen molar-refractivity contribution in [1.29, 1.82) is 0 Å². The fraction of sp³-hybridized carbons (Fsp3) is 0.438. The molecule has 1 rings (SSSR count). The molecule has 0 aliphatic carbocycles. The molecule has 0 fully saturated rings. The van der Waals surface area contributed by atoms with Crippen LogP contribution in [0.3, 0.4) is 0 Å². The van der Waals surface area contributed by atoms with E-state index < -0.39 is 0 Å². The lowest BCUT2D eigenvalue weighted by Crippen LogP contribution is -2.44. The van der Waals surface area contributed by atoms with Gasteiger partial charge in [0.05, 0.1) is 13.2 Å². The molecule has 0 saturated heterocycles. The number of amidine groups is 1. The van der Waals surface area contributed by atoms with Gasteiger partial charge in [-0.05, 0) is 31.5 Å². The highest BCUT2D eigenvalue weighted by Gasteiger charge is 2.15. The highest BCUT2D eigenvalue weighted by atomic mass is 16.5. The van der Waals surface area contributed by atoms with Gasteiger partial charge in [-0.3, -0.25) is 4.79 Å². The molecule has 0 atom stereocenters. The van der Waals surface area contributed by atoms with E-state index in [1.807, 2.05) is 19.1 Å². The highest BCUT2D eigenvalue weighted by Crippen LogP contribution is 2.08. The lowest BCUT2D eigenvalue weighted by molar-refractivity contribution is -0.128. The van der Waals surface area contributed by atoms with Crippen LogP contribution < -0.4 is 22.6 Å². The number of anilines is 1. The first-order chi connectivity index (χ1) is 12.3. The third kappa shape index (κ3) is 10.7. The summed E-state index contributed by atoms with van der Waals surface area (Å²) in [5.41, 5.74) is 13.0. The van der Waals surface area contributed by atoms with Crippen molar-refractivity contribution in [2.75, 3.05) is 32.5 Å². The summed E-state index contributed by atoms with van der Waals surface area (Å²) in [7, 11) is 1.56. The Morgan fingerprint density at radius 1 is 1.31 bits per heavy atom. The van der Waals surface area contributed by atoms with Gasteiger partial charge >= 0.3 is 6.03 Å². The third-order valence-electron chi connectivity index (χ3n) is 2.84. The Labute approximate surface area is 153 Å². The van der Waals surface area contributed by atoms with Gasteiger partial charge in [0.2, 0.25) is 0 Å². The molecule has 2 amide bonds. The summed E-state index contributed by atoms with van der Waals surface area (Å²) in [4.78, 5) is 22.8. The van der Waals surface area contributed by atoms with E-state index in [2.05, 4.69) is 15.2 Å². The van der Waals surface area contributed by atoms with E-state index in [0.29, 0.717) is 31.9 Å². The van der Waals surface area contributed by atoms with Crippen molar-refractivity contribution in [3.63, 3.8) is 0 Å². The summed E-state index contributed by atoms with van der Waals surface area (Å²) in [6, 6.07) is 7.09. The van der Waals surface area contributed by atoms with Crippen molar-refractivity contribution < 1.29 is 14.3 Å². The number of nitrogen functional groups attached to an aromatic ring is 1. The lowest BCUT2D eigenvalue weighted by Gasteiger charge is -2.23. The van der Waals surface area contributed by atoms with Crippen LogP contribution >= 0.6 is 0 Å². The van der Waals surface area contributed by atoms with E-state index in [9.17, 15) is 9.59 Å². The fourth-order valence-corrected chi connectivity index (χ4v) is 1.80. The minimum Gasteiger partial charge on any atom is -0.468 e. The first-order valence-electron chi connectivity index (χ1n) is 8.07. The summed E-state index contributed by atoms with van der Waals surface area (Å²) in [6.45, 7) is 5.63. The molecular weight excluding hydrogens is 338 g/mol. The maximum Gasteiger partial charge on any atom is 0.318 e. The normalized spacial score (nSPS) is 10.2. The number of nitrogens with zero attached hydrogens (tertiary/aromatic N) is 3. The van der Waals surface area contributed by atoms with Crippen LogP contribution in [0.5, 0.6) is 0 Å². The molecular formula is C16H29N7O3. The molecule has 7 N–H and O–H groups in total. The zero-order chi connectivity index (χ0) is 19.9. The minimum atomic E-state index is -0.216. The van der Waals surface area contributed by atoms with Crippen LogP contribution in [0.15, 0.2) is 29.4 Å². The Kier molecular flexibility index (Phi) is 11.8. The maximum absolute atomic E-state index is 12.1. The first-order valence-corrected chi connectivity index (χ1v) is 8.07. The summed E-state index contributed by atoms with van der Waals surface area (Å²) in [5.74, 6) is 5.66. The van der Waals surface area contributed by atoms with E-state index in [-0.39, 0.29) is 18.4 Å². The van der Waals surface area contributed by atoms with Crippen molar-refractivity contribution in [3.8, 4) is 0 Å². The van der Waals surface area contributed by atoms with E-state index in [0.717, 1.165) is 10.7 Å². The molecule has 0 aromatic heterocycles. The van der Waals surface area contributed by atoms with Gasteiger partial charge in [0.1, 0.15) is 5.84 Å². The number of carbonyl (C=O) groups is 2. The molecule has 0 heterocycles. The number of rotatable bonds is 8. The number of hydrazone groups is 1. The molecule has 26 heavy (non-hydrogen) atoms. The molecule has 10 nitrogen and oxygen atoms in total. The van der Waals surface area contributed by atoms with E-state index in [4.69, 9.17) is 17.3 Å². The molecule has 10 heteroatoms. The molecule has 1 aromatic rings. The second-order valence-electron chi connectivity index (χ2n) is 5.15. The molecule has 0 unspecified atom stereocenters. The molecule has 1 aromatic carbocycles. The number of urea groups is 1. The van der Waals surface area contributed by atoms with Crippen molar-refractivity contribution in [3.05, 3.63) is 29.8 Å². The number of hydrazine groups is 1. The molecule has 0 aliphatic heterocycles. The van der Waals surface area contributed by atoms with Gasteiger partial charge in [0, 0.05) is 25.8 Å². The van der Waals surface area contributed by atoms with Crippen LogP contribution in [0.1, 0.15) is 19.4 Å². The zero-order valence-corrected chi connectivity index (χ0v) is 15.5. The number of hydrogen-bond acceptors (Lipinski definition) is 7. The average Bonchev–Trinajstić information content (AvgIpc) is 2.57. The number of nitrogens with two attached hydrogens (primary N) is 3. The molecule has 0 bridgehead atoms. The molecule has 0 spiro atoms. The van der Waals surface area contributed by atoms with Gasteiger partial charge in [-0.1, -0.05) is 12.1 Å². The Hall–Kier alpha value is -3.01. The minimum absolute atomic E-state index is 0.178. The number of amides is 2. The van der Waals surface area contributed by atoms with E-state index in [1.54, 1.807) is 31.0 Å². The molecule has 0 saturated carbocycles. The average molecular weight is 367 g/mol. The number of ether oxygens (including phenoxy) is 1. The van der Waals surface area contributed by atoms with Crippen LogP contribution in [-0.4, -0.2) is 55.1 Å². The smallest absolute Gasteiger partial charge is 0.318 e. The summed E-state index contributed by atoms with van der Waals surface area (Å²) < 4.78 is 4.15. The summed E-state index contributed by atoms with van der Waals surface area (Å²) in [6.07, 6.45) is 0. The maximum atomic E-state index is 12.1. The number of carbonyl (C=O) groups excluding carboxylic acids is 2. The van der Waals surface area contributed by atoms with E-state index in [1.165, 1.54) is 0 Å². The number of nitrogens with one attached hydrogen (secondary N) is 1. The standard InChI is InChI=1S/C13H23N7O.C3H6O2/c1-3-17-13(21)20(9-12(15)18-19(2)16)8-10-4-6-11(14)7-5-10;1-2-5-3-4/h4-7H,3,8-9,14,16H2,1-2H3,(H2,15,18)(H,17,21);3H,2H2,1H3. The molecule has 0 aliphatic rings. The SMILES string of the molecule is CCNC(=O)N(C/C(N)=N/N(C)N)Cc1ccc(N)cc1.CCOC=O. The van der Waals surface area contributed by atoms with Crippen LogP contribution in [0, 0.1) is 0 Å². The van der Waals surface area contributed by atoms with Crippen molar-refractivity contribution in [2.45, 2.75) is 20.4 Å². The van der Waals surface area contributed by atoms with Crippen LogP contribution in [0.2, 0.25) is 0 Å². The number of hydrogen-bond donors (Lipinski definition) is 4. The van der Waals surface area contributed by atoms with Crippen LogP contribution in [0.4, 0.5) is 10.5 Å². The molecule has 0 radical (unpaired) electrons. The van der Waals surface area contributed by atoms with Gasteiger partial charge in [-0.2, -0.15) is 0 Å². The Bertz CT molecular complexity index is 561. The highest BCUT2D eigenvalue weighted by molar-refractivity contribution is 5.86. The summed E-state index contributed by atoms with van der Waals surface area (Å²) >= 11 is 0. The largest absolute Gasteiger partial charge is 0.468 e. The second-order valence-corrected chi connectivity index (χ2v) is 5.15. The quantitative estimate of drug-likeness (QED) is 0.126. The Morgan fingerprint density at radius 2 is 1.92 bits per heavy atom. The topological polar surface area (TPSA) is 152 Å². The predicted octanol–water partition coefficient (Wildman–Crippen LogP) is 0.0573. The lowest BCUT2D eigenvalue weighted by atomic mass is 10.2. The number of benzene rings is 1. The van der Waals surface area contributed by atoms with Crippen molar-refractivity contribution in [1.82, 2.24) is 15.3 Å². The van der Waals surface area contributed by atoms with Gasteiger partial charge in [-0.15, -0.1) is 5.10 Å². The third-order valence-corrected chi connectivity index (χ3v) is 2.84. The van der Waals surface area contributed by atoms with Gasteiger partial charge in [0.25, 0.3) is 6.47 Å². The molecule has 146 valence electrons. The van der Waals surface area contributed by atoms with Gasteiger partial charge in [0.15, 0.2) is 0 Å². The zero-order valence-electron chi connectivity index (χ0n) is 15.5. The van der Waals surface area contributed by atoms with Gasteiger partial charge in [-0.25, -0.2) is 15.8 Å². The fourth-order valence-electron chi connectivity index (χ4n) is 1.80. The Balaban J connectivity index is 0.00000110. The van der Waals surface area contributed by atoms with Crippen molar-refractivity contribution in [2.24, 2.45) is 16.7 Å². The first kappa shape index (κ1) is 23.0. The van der Waals surface area contributed by atoms with Crippen LogP contribution in [0.25, 0.3) is 0 Å². The Morgan fingerprint density at radius 3 is 2.35 bits per heavy atom. The van der Waals surface area contributed by atoms with E-state index >= 15 is 0 Å². The monoisotopic (exact) mass is 367 g/mol. The predicted molar refractivity (Wildman–Crippen MR) is 102 cm³/mol. The van der Waals surface area contributed by atoms with Crippen molar-refractivity contribution >= 4 is 24.0 Å². The van der Waals surface area contributed by atoms with Gasteiger partial charge < -0.3 is 26.4 Å². The second kappa shape index (κ2) is 13.3. The summed E-state index contributed by atoms with van der Waals surface area (Å²) in [5, 5.41) is 7.73.